The van der Waals surface area contributed by atoms with Crippen LogP contribution in [0, 0.1) is 0 Å². The van der Waals surface area contributed by atoms with E-state index in [1.165, 1.54) is 0 Å². The van der Waals surface area contributed by atoms with Gasteiger partial charge in [0.05, 0.1) is 6.04 Å². The SMILES string of the molecule is CCC(C)(C)NC(=O)C(C)N(C)CCC(C)N. The lowest BCUT2D eigenvalue weighted by molar-refractivity contribution is -0.127. The van der Waals surface area contributed by atoms with E-state index in [1.54, 1.807) is 0 Å². The van der Waals surface area contributed by atoms with Gasteiger partial charge in [0.15, 0.2) is 0 Å². The van der Waals surface area contributed by atoms with Crippen LogP contribution < -0.4 is 11.1 Å². The fraction of sp³-hybridized carbons (Fsp3) is 0.923. The molecule has 102 valence electrons. The van der Waals surface area contributed by atoms with Gasteiger partial charge in [-0.05, 0) is 47.6 Å². The summed E-state index contributed by atoms with van der Waals surface area (Å²) in [4.78, 5) is 14.1. The summed E-state index contributed by atoms with van der Waals surface area (Å²) in [6.07, 6.45) is 1.83. The highest BCUT2D eigenvalue weighted by molar-refractivity contribution is 5.81. The number of nitrogens with one attached hydrogen (secondary N) is 1. The Bertz CT molecular complexity index is 239. The first kappa shape index (κ1) is 16.4. The fourth-order valence-electron chi connectivity index (χ4n) is 1.33. The van der Waals surface area contributed by atoms with Gasteiger partial charge in [0.25, 0.3) is 0 Å². The molecule has 0 fully saturated rings. The van der Waals surface area contributed by atoms with Crippen LogP contribution >= 0.6 is 0 Å². The van der Waals surface area contributed by atoms with E-state index in [9.17, 15) is 4.79 Å². The van der Waals surface area contributed by atoms with Crippen molar-refractivity contribution < 1.29 is 4.79 Å². The van der Waals surface area contributed by atoms with Crippen LogP contribution in [0.25, 0.3) is 0 Å². The molecule has 3 N–H and O–H groups in total. The number of nitrogens with zero attached hydrogens (tertiary/aromatic N) is 1. The summed E-state index contributed by atoms with van der Waals surface area (Å²) in [5, 5.41) is 3.06. The van der Waals surface area contributed by atoms with Crippen LogP contribution in [0.3, 0.4) is 0 Å². The number of carbonyl (C=O) groups is 1. The zero-order chi connectivity index (χ0) is 13.6. The molecule has 0 spiro atoms. The maximum absolute atomic E-state index is 12.0. The van der Waals surface area contributed by atoms with E-state index < -0.39 is 0 Å². The van der Waals surface area contributed by atoms with Gasteiger partial charge >= 0.3 is 0 Å². The lowest BCUT2D eigenvalue weighted by Gasteiger charge is -2.30. The smallest absolute Gasteiger partial charge is 0.237 e. The van der Waals surface area contributed by atoms with Crippen LogP contribution in [-0.4, -0.2) is 42.0 Å². The second-order valence-electron chi connectivity index (χ2n) is 5.65. The molecular weight excluding hydrogens is 214 g/mol. The predicted molar refractivity (Wildman–Crippen MR) is 72.9 cm³/mol. The molecule has 0 aliphatic carbocycles. The van der Waals surface area contributed by atoms with Crippen LogP contribution in [0.4, 0.5) is 0 Å². The van der Waals surface area contributed by atoms with Crippen molar-refractivity contribution in [1.82, 2.24) is 10.2 Å². The highest BCUT2D eigenvalue weighted by Gasteiger charge is 2.24. The summed E-state index contributed by atoms with van der Waals surface area (Å²) in [5.41, 5.74) is 5.58. The van der Waals surface area contributed by atoms with Gasteiger partial charge in [-0.15, -0.1) is 0 Å². The van der Waals surface area contributed by atoms with E-state index >= 15 is 0 Å². The Hall–Kier alpha value is -0.610. The van der Waals surface area contributed by atoms with Gasteiger partial charge in [-0.3, -0.25) is 9.69 Å². The first-order valence-corrected chi connectivity index (χ1v) is 6.47. The van der Waals surface area contributed by atoms with Crippen molar-refractivity contribution in [3.05, 3.63) is 0 Å². The van der Waals surface area contributed by atoms with Gasteiger partial charge in [0.2, 0.25) is 5.91 Å². The second kappa shape index (κ2) is 6.97. The molecule has 4 heteroatoms. The molecule has 0 saturated carbocycles. The molecular formula is C13H29N3O. The summed E-state index contributed by atoms with van der Waals surface area (Å²) in [7, 11) is 1.96. The van der Waals surface area contributed by atoms with Crippen LogP contribution in [0.1, 0.15) is 47.5 Å². The molecule has 2 atom stereocenters. The van der Waals surface area contributed by atoms with Gasteiger partial charge in [-0.25, -0.2) is 0 Å². The Morgan fingerprint density at radius 1 is 1.41 bits per heavy atom. The average Bonchev–Trinajstić information content (AvgIpc) is 2.24. The monoisotopic (exact) mass is 243 g/mol. The minimum Gasteiger partial charge on any atom is -0.350 e. The molecule has 0 aromatic carbocycles. The van der Waals surface area contributed by atoms with Crippen LogP contribution in [0.15, 0.2) is 0 Å². The number of likely N-dealkylation sites (N-methyl/N-ethyl adjacent to an activating group) is 1. The van der Waals surface area contributed by atoms with E-state index in [2.05, 4.69) is 12.2 Å². The van der Waals surface area contributed by atoms with Crippen molar-refractivity contribution in [3.63, 3.8) is 0 Å². The van der Waals surface area contributed by atoms with Crippen molar-refractivity contribution in [2.75, 3.05) is 13.6 Å². The molecule has 0 aliphatic heterocycles. The largest absolute Gasteiger partial charge is 0.350 e. The average molecular weight is 243 g/mol. The third kappa shape index (κ3) is 6.64. The van der Waals surface area contributed by atoms with Crippen LogP contribution in [0.2, 0.25) is 0 Å². The van der Waals surface area contributed by atoms with Gasteiger partial charge in [0, 0.05) is 18.1 Å². The molecule has 0 aromatic rings. The van der Waals surface area contributed by atoms with Gasteiger partial charge < -0.3 is 11.1 Å². The number of hydrogen-bond acceptors (Lipinski definition) is 3. The highest BCUT2D eigenvalue weighted by Crippen LogP contribution is 2.08. The number of rotatable bonds is 7. The van der Waals surface area contributed by atoms with E-state index in [1.807, 2.05) is 39.6 Å². The summed E-state index contributed by atoms with van der Waals surface area (Å²) in [5.74, 6) is 0.0871. The van der Waals surface area contributed by atoms with E-state index in [-0.39, 0.29) is 23.5 Å². The molecule has 0 aliphatic rings. The van der Waals surface area contributed by atoms with Gasteiger partial charge in [0.1, 0.15) is 0 Å². The lowest BCUT2D eigenvalue weighted by Crippen LogP contribution is -2.51. The molecule has 1 amide bonds. The van der Waals surface area contributed by atoms with Crippen molar-refractivity contribution in [2.24, 2.45) is 5.73 Å². The summed E-state index contributed by atoms with van der Waals surface area (Å²) in [6, 6.07) is 0.0689. The van der Waals surface area contributed by atoms with Crippen molar-refractivity contribution in [1.29, 1.82) is 0 Å². The number of carbonyl (C=O) groups excluding carboxylic acids is 1. The Balaban J connectivity index is 4.20. The molecule has 4 nitrogen and oxygen atoms in total. The minimum absolute atomic E-state index is 0.0871. The van der Waals surface area contributed by atoms with E-state index in [0.29, 0.717) is 0 Å². The van der Waals surface area contributed by atoms with Crippen LogP contribution in [0.5, 0.6) is 0 Å². The van der Waals surface area contributed by atoms with E-state index in [0.717, 1.165) is 19.4 Å². The first-order valence-electron chi connectivity index (χ1n) is 6.47. The Labute approximate surface area is 106 Å². The Morgan fingerprint density at radius 3 is 2.35 bits per heavy atom. The standard InChI is InChI=1S/C13H29N3O/c1-7-13(4,5)15-12(17)11(3)16(6)9-8-10(2)14/h10-11H,7-9,14H2,1-6H3,(H,15,17). The maximum Gasteiger partial charge on any atom is 0.237 e. The number of nitrogens with two attached hydrogens (primary N) is 1. The number of hydrogen-bond donors (Lipinski definition) is 2. The zero-order valence-electron chi connectivity index (χ0n) is 12.2. The third-order valence-electron chi connectivity index (χ3n) is 3.32. The molecule has 2 unspecified atom stereocenters. The molecule has 0 bridgehead atoms. The topological polar surface area (TPSA) is 58.4 Å². The Kier molecular flexibility index (Phi) is 6.72. The van der Waals surface area contributed by atoms with Gasteiger partial charge in [-0.2, -0.15) is 0 Å². The lowest BCUT2D eigenvalue weighted by atomic mass is 10.0. The Morgan fingerprint density at radius 2 is 1.94 bits per heavy atom. The normalized spacial score (nSPS) is 15.8. The van der Waals surface area contributed by atoms with E-state index in [4.69, 9.17) is 5.73 Å². The fourth-order valence-corrected chi connectivity index (χ4v) is 1.33. The highest BCUT2D eigenvalue weighted by atomic mass is 16.2. The third-order valence-corrected chi connectivity index (χ3v) is 3.32. The summed E-state index contributed by atoms with van der Waals surface area (Å²) >= 11 is 0. The molecule has 0 heterocycles. The van der Waals surface area contributed by atoms with Crippen LogP contribution in [-0.2, 0) is 4.79 Å². The number of amides is 1. The molecule has 0 rings (SSSR count). The van der Waals surface area contributed by atoms with Crippen molar-refractivity contribution in [2.45, 2.75) is 65.1 Å². The molecule has 0 saturated heterocycles. The maximum atomic E-state index is 12.0. The van der Waals surface area contributed by atoms with Gasteiger partial charge in [-0.1, -0.05) is 6.92 Å². The predicted octanol–water partition coefficient (Wildman–Crippen LogP) is 1.35. The first-order chi connectivity index (χ1) is 7.69. The zero-order valence-corrected chi connectivity index (χ0v) is 12.2. The summed E-state index contributed by atoms with van der Waals surface area (Å²) in [6.45, 7) is 10.9. The molecule has 0 radical (unpaired) electrons. The van der Waals surface area contributed by atoms with Crippen molar-refractivity contribution in [3.8, 4) is 0 Å². The van der Waals surface area contributed by atoms with Crippen molar-refractivity contribution >= 4 is 5.91 Å². The minimum atomic E-state index is -0.132. The second-order valence-corrected chi connectivity index (χ2v) is 5.65. The molecule has 17 heavy (non-hydrogen) atoms. The quantitative estimate of drug-likeness (QED) is 0.709. The summed E-state index contributed by atoms with van der Waals surface area (Å²) < 4.78 is 0. The molecule has 0 aromatic heterocycles.